The van der Waals surface area contributed by atoms with Crippen molar-refractivity contribution in [2.75, 3.05) is 14.1 Å². The first-order valence-corrected chi connectivity index (χ1v) is 14.3. The Bertz CT molecular complexity index is 1300. The van der Waals surface area contributed by atoms with Crippen LogP contribution in [0.4, 0.5) is 0 Å². The second-order valence-corrected chi connectivity index (χ2v) is 12.8. The molecule has 0 amide bonds. The molecule has 3 heteroatoms. The molecule has 0 bridgehead atoms. The van der Waals surface area contributed by atoms with Crippen molar-refractivity contribution in [3.05, 3.63) is 112 Å². The summed E-state index contributed by atoms with van der Waals surface area (Å²) in [5.41, 5.74) is 7.31. The Labute approximate surface area is 235 Å². The Morgan fingerprint density at radius 3 is 2.21 bits per heavy atom. The van der Waals surface area contributed by atoms with Crippen LogP contribution in [0.25, 0.3) is 5.57 Å². The van der Waals surface area contributed by atoms with Crippen LogP contribution in [0.1, 0.15) is 81.2 Å². The molecular weight excluding hydrogens is 480 g/mol. The van der Waals surface area contributed by atoms with E-state index in [9.17, 15) is 5.26 Å². The van der Waals surface area contributed by atoms with Gasteiger partial charge in [-0.2, -0.15) is 5.26 Å². The third kappa shape index (κ3) is 6.30. The zero-order chi connectivity index (χ0) is 28.3. The largest absolute Gasteiger partial charge is 0.382 e. The van der Waals surface area contributed by atoms with Crippen LogP contribution in [-0.4, -0.2) is 19.0 Å². The minimum Gasteiger partial charge on any atom is -0.382 e. The summed E-state index contributed by atoms with van der Waals surface area (Å²) in [7, 11) is 3.95. The Kier molecular flexibility index (Phi) is 9.11. The smallest absolute Gasteiger partial charge is 0.0823 e. The van der Waals surface area contributed by atoms with E-state index >= 15 is 0 Å². The summed E-state index contributed by atoms with van der Waals surface area (Å²) in [6.07, 6.45) is 11.0. The SMILES string of the molecule is C=C(C)N(C)C.C=C[C@H](c1ccc(C2(C#N)CC2)cc1)C(C)(C)c1ccc(C2=CC(=C(C)C)C(C)C=C2)s1. The van der Waals surface area contributed by atoms with Crippen LogP contribution >= 0.6 is 11.3 Å². The first-order chi connectivity index (χ1) is 17.9. The van der Waals surface area contributed by atoms with Crippen LogP contribution < -0.4 is 0 Å². The molecule has 2 aromatic rings. The molecule has 0 saturated heterocycles. The van der Waals surface area contributed by atoms with Gasteiger partial charge in [-0.25, -0.2) is 0 Å². The molecule has 0 spiro atoms. The number of hydrogen-bond acceptors (Lipinski definition) is 3. The molecule has 2 atom stereocenters. The summed E-state index contributed by atoms with van der Waals surface area (Å²) in [5, 5.41) is 9.51. The number of rotatable bonds is 7. The highest BCUT2D eigenvalue weighted by Crippen LogP contribution is 2.49. The molecule has 4 rings (SSSR count). The maximum absolute atomic E-state index is 9.51. The van der Waals surface area contributed by atoms with Crippen molar-refractivity contribution in [2.45, 2.75) is 71.1 Å². The number of allylic oxidation sites excluding steroid dienone is 8. The van der Waals surface area contributed by atoms with Gasteiger partial charge in [-0.1, -0.05) is 75.4 Å². The topological polar surface area (TPSA) is 27.0 Å². The van der Waals surface area contributed by atoms with E-state index in [4.69, 9.17) is 0 Å². The zero-order valence-electron chi connectivity index (χ0n) is 24.6. The van der Waals surface area contributed by atoms with Crippen LogP contribution in [-0.2, 0) is 10.8 Å². The molecule has 0 aliphatic heterocycles. The van der Waals surface area contributed by atoms with Gasteiger partial charge in [0.2, 0.25) is 0 Å². The fourth-order valence-electron chi connectivity index (χ4n) is 4.89. The number of thiophene rings is 1. The van der Waals surface area contributed by atoms with E-state index in [0.29, 0.717) is 5.92 Å². The molecular formula is C35H44N2S. The highest BCUT2D eigenvalue weighted by Gasteiger charge is 2.45. The van der Waals surface area contributed by atoms with Gasteiger partial charge < -0.3 is 4.90 Å². The van der Waals surface area contributed by atoms with E-state index in [1.165, 1.54) is 32.0 Å². The molecule has 38 heavy (non-hydrogen) atoms. The van der Waals surface area contributed by atoms with Gasteiger partial charge in [-0.3, -0.25) is 0 Å². The minimum absolute atomic E-state index is 0.0791. The molecule has 1 heterocycles. The lowest BCUT2D eigenvalue weighted by Gasteiger charge is -2.32. The molecule has 0 radical (unpaired) electrons. The molecule has 1 saturated carbocycles. The summed E-state index contributed by atoms with van der Waals surface area (Å²) in [6, 6.07) is 15.8. The van der Waals surface area contributed by atoms with E-state index in [2.05, 4.69) is 115 Å². The Hall–Kier alpha value is -3.09. The van der Waals surface area contributed by atoms with Gasteiger partial charge in [0.25, 0.3) is 0 Å². The second kappa shape index (κ2) is 11.7. The minimum atomic E-state index is -0.233. The highest BCUT2D eigenvalue weighted by molar-refractivity contribution is 7.13. The van der Waals surface area contributed by atoms with Crippen molar-refractivity contribution in [2.24, 2.45) is 5.92 Å². The lowest BCUT2D eigenvalue weighted by atomic mass is 9.73. The lowest BCUT2D eigenvalue weighted by molar-refractivity contribution is 0.479. The zero-order valence-corrected chi connectivity index (χ0v) is 25.4. The Balaban J connectivity index is 0.000000599. The molecule has 0 N–H and O–H groups in total. The Morgan fingerprint density at radius 2 is 1.74 bits per heavy atom. The molecule has 200 valence electrons. The van der Waals surface area contributed by atoms with E-state index in [1.54, 1.807) is 0 Å². The van der Waals surface area contributed by atoms with E-state index in [0.717, 1.165) is 24.1 Å². The van der Waals surface area contributed by atoms with Crippen molar-refractivity contribution in [1.82, 2.24) is 4.90 Å². The van der Waals surface area contributed by atoms with Crippen LogP contribution in [0.5, 0.6) is 0 Å². The average molecular weight is 525 g/mol. The number of nitriles is 1. The van der Waals surface area contributed by atoms with Crippen molar-refractivity contribution in [1.29, 1.82) is 5.26 Å². The van der Waals surface area contributed by atoms with Crippen LogP contribution in [0, 0.1) is 17.2 Å². The lowest BCUT2D eigenvalue weighted by Crippen LogP contribution is -2.24. The molecule has 1 aromatic heterocycles. The van der Waals surface area contributed by atoms with Gasteiger partial charge in [0, 0.05) is 40.9 Å². The Morgan fingerprint density at radius 1 is 1.13 bits per heavy atom. The average Bonchev–Trinajstić information content (AvgIpc) is 3.51. The molecule has 2 aliphatic carbocycles. The summed E-state index contributed by atoms with van der Waals surface area (Å²) in [5.74, 6) is 0.674. The fraction of sp³-hybridized carbons (Fsp3) is 0.400. The van der Waals surface area contributed by atoms with Crippen molar-refractivity contribution in [3.63, 3.8) is 0 Å². The van der Waals surface area contributed by atoms with E-state index in [-0.39, 0.29) is 16.7 Å². The molecule has 2 nitrogen and oxygen atoms in total. The predicted molar refractivity (Wildman–Crippen MR) is 166 cm³/mol. The van der Waals surface area contributed by atoms with Gasteiger partial charge in [-0.15, -0.1) is 17.9 Å². The third-order valence-electron chi connectivity index (χ3n) is 8.03. The van der Waals surface area contributed by atoms with Crippen molar-refractivity contribution >= 4 is 16.9 Å². The van der Waals surface area contributed by atoms with Gasteiger partial charge in [0.1, 0.15) is 0 Å². The highest BCUT2D eigenvalue weighted by atomic mass is 32.1. The van der Waals surface area contributed by atoms with E-state index in [1.807, 2.05) is 37.3 Å². The van der Waals surface area contributed by atoms with Gasteiger partial charge in [-0.05, 0) is 80.0 Å². The number of hydrogen-bond donors (Lipinski definition) is 0. The van der Waals surface area contributed by atoms with Crippen LogP contribution in [0.2, 0.25) is 0 Å². The van der Waals surface area contributed by atoms with E-state index < -0.39 is 0 Å². The first-order valence-electron chi connectivity index (χ1n) is 13.5. The van der Waals surface area contributed by atoms with Crippen LogP contribution in [0.15, 0.2) is 90.7 Å². The van der Waals surface area contributed by atoms with Crippen molar-refractivity contribution in [3.8, 4) is 6.07 Å². The predicted octanol–water partition coefficient (Wildman–Crippen LogP) is 9.56. The van der Waals surface area contributed by atoms with Crippen LogP contribution in [0.3, 0.4) is 0 Å². The van der Waals surface area contributed by atoms with Crippen molar-refractivity contribution < 1.29 is 0 Å². The summed E-state index contributed by atoms with van der Waals surface area (Å²) < 4.78 is 0. The quantitative estimate of drug-likeness (QED) is 0.337. The maximum Gasteiger partial charge on any atom is 0.0823 e. The fourth-order valence-corrected chi connectivity index (χ4v) is 6.04. The van der Waals surface area contributed by atoms with Gasteiger partial charge in [0.15, 0.2) is 0 Å². The third-order valence-corrected chi connectivity index (χ3v) is 9.51. The first kappa shape index (κ1) is 29.5. The van der Waals surface area contributed by atoms with Gasteiger partial charge >= 0.3 is 0 Å². The standard InChI is InChI=1S/C30H33NS.C5H11N/c1-7-26(22-10-12-24(13-11-22)30(19-31)16-17-30)29(5,6)28-15-14-27(32-28)23-9-8-21(4)25(18-23)20(2)3;1-5(2)6(3)4/h7-15,18,21,26H,1,16-17H2,2-6H3;1H2,2-4H3/t21?,26-;/m1./s1. The monoisotopic (exact) mass is 524 g/mol. The number of nitrogens with zero attached hydrogens (tertiary/aromatic N) is 2. The molecule has 2 aliphatic rings. The molecule has 1 fully saturated rings. The number of benzene rings is 1. The second-order valence-electron chi connectivity index (χ2n) is 11.7. The maximum atomic E-state index is 9.51. The summed E-state index contributed by atoms with van der Waals surface area (Å²) in [4.78, 5) is 4.65. The van der Waals surface area contributed by atoms with Gasteiger partial charge in [0.05, 0.1) is 11.5 Å². The summed E-state index contributed by atoms with van der Waals surface area (Å²) in [6.45, 7) is 21.1. The molecule has 1 aromatic carbocycles. The molecule has 1 unspecified atom stereocenters. The summed E-state index contributed by atoms with van der Waals surface area (Å²) >= 11 is 1.89. The normalized spacial score (nSPS) is 18.3.